The van der Waals surface area contributed by atoms with Crippen molar-refractivity contribution in [3.63, 3.8) is 0 Å². The van der Waals surface area contributed by atoms with Gasteiger partial charge in [0.2, 0.25) is 24.8 Å². The first-order valence-electron chi connectivity index (χ1n) is 9.12. The van der Waals surface area contributed by atoms with Crippen molar-refractivity contribution in [2.24, 2.45) is 10.7 Å². The maximum atomic E-state index is 12.2. The van der Waals surface area contributed by atoms with Gasteiger partial charge in [0.1, 0.15) is 18.3 Å². The lowest BCUT2D eigenvalue weighted by atomic mass is 10.1. The van der Waals surface area contributed by atoms with E-state index in [4.69, 9.17) is 10.5 Å². The molecule has 0 aliphatic carbocycles. The van der Waals surface area contributed by atoms with Crippen LogP contribution in [-0.2, 0) is 40.9 Å². The number of phosphoric ester groups is 2. The molecule has 6 unspecified atom stereocenters. The number of phosphoric acid groups is 3. The van der Waals surface area contributed by atoms with Gasteiger partial charge in [0.05, 0.1) is 13.7 Å². The molecule has 194 valence electrons. The summed E-state index contributed by atoms with van der Waals surface area (Å²) in [5.41, 5.74) is 5.57. The Balaban J connectivity index is 1.66. The van der Waals surface area contributed by atoms with E-state index in [0.717, 1.165) is 0 Å². The van der Waals surface area contributed by atoms with E-state index < -0.39 is 72.7 Å². The third-order valence-corrected chi connectivity index (χ3v) is 8.90. The number of amides is 1. The highest BCUT2D eigenvalue weighted by molar-refractivity contribution is 7.65. The van der Waals surface area contributed by atoms with Crippen LogP contribution in [0.1, 0.15) is 0 Å². The van der Waals surface area contributed by atoms with Crippen LogP contribution in [0.3, 0.4) is 0 Å². The molecule has 22 heteroatoms. The molecule has 0 aromatic heterocycles. The topological polar surface area (TPSA) is 281 Å². The fourth-order valence-corrected chi connectivity index (χ4v) is 6.50. The van der Waals surface area contributed by atoms with Crippen molar-refractivity contribution in [3.05, 3.63) is 0 Å². The van der Waals surface area contributed by atoms with E-state index in [1.165, 1.54) is 22.9 Å². The molecule has 3 rings (SSSR count). The molecular weight excluding hydrogens is 531 g/mol. The Labute approximate surface area is 191 Å². The van der Waals surface area contributed by atoms with Crippen LogP contribution in [0.2, 0.25) is 0 Å². The van der Waals surface area contributed by atoms with Gasteiger partial charge in [-0.25, -0.2) is 18.5 Å². The lowest BCUT2D eigenvalue weighted by Gasteiger charge is -2.34. The number of hydrogen-bond donors (Lipinski definition) is 4. The smallest absolute Gasteiger partial charge is 0.280 e. The van der Waals surface area contributed by atoms with Gasteiger partial charge in [-0.1, -0.05) is 0 Å². The van der Waals surface area contributed by atoms with Crippen molar-refractivity contribution in [2.45, 2.75) is 36.7 Å². The number of fused-ring (bicyclic) bond motifs is 1. The Morgan fingerprint density at radius 3 is 2.44 bits per heavy atom. The Hall–Kier alpha value is -1.30. The molecule has 0 radical (unpaired) electrons. The standard InChI is InChI=1S/C12H22N5O14P3/c1-16-4-17(9-6(16)10(20)15-12(13)14-9)11-8(19)7(18)5(29-11)3-28-33(23,24)31-34(25,26)30-32(21,22)27-2/h4-9,11,18-19H,3H2,1-2H3,(H5-,13,14,15,20,21,22,23,24,25,26)/p-2/t5-,6?,7+,8?,9?,11-/m0/s1. The highest BCUT2D eigenvalue weighted by atomic mass is 31.3. The molecule has 19 nitrogen and oxygen atoms in total. The molecule has 0 spiro atoms. The fraction of sp³-hybridized carbons (Fsp3) is 0.750. The number of ether oxygens (including phenoxy) is 1. The maximum absolute atomic E-state index is 12.2. The number of guanidine groups is 1. The van der Waals surface area contributed by atoms with Crippen molar-refractivity contribution in [3.8, 4) is 0 Å². The summed E-state index contributed by atoms with van der Waals surface area (Å²) in [4.78, 5) is 51.8. The largest absolute Gasteiger partial charge is 0.756 e. The average Bonchev–Trinajstić information content (AvgIpc) is 3.15. The number of nitrogens with one attached hydrogen (secondary N) is 1. The van der Waals surface area contributed by atoms with Gasteiger partial charge < -0.3 is 44.4 Å². The molecule has 1 saturated heterocycles. The number of carbonyl (C=O) groups excluding carboxylic acids is 1. The summed E-state index contributed by atoms with van der Waals surface area (Å²) in [5, 5.41) is 23.0. The first kappa shape index (κ1) is 27.3. The average molecular weight is 551 g/mol. The van der Waals surface area contributed by atoms with E-state index in [1.54, 1.807) is 0 Å². The molecule has 0 bridgehead atoms. The molecule has 5 N–H and O–H groups in total. The second-order valence-electron chi connectivity index (χ2n) is 7.12. The first-order valence-corrected chi connectivity index (χ1v) is 13.5. The quantitative estimate of drug-likeness (QED) is 0.154. The van der Waals surface area contributed by atoms with Crippen molar-refractivity contribution < 1.29 is 70.4 Å². The van der Waals surface area contributed by atoms with Gasteiger partial charge in [0.25, 0.3) is 29.4 Å². The summed E-state index contributed by atoms with van der Waals surface area (Å²) in [5.74, 6) is -0.686. The number of nitrogens with zero attached hydrogens (tertiary/aromatic N) is 3. The van der Waals surface area contributed by atoms with Crippen LogP contribution in [0.5, 0.6) is 0 Å². The summed E-state index contributed by atoms with van der Waals surface area (Å²) < 4.78 is 56.4. The SMILES string of the molecule is COP(=O)([O-])OP(=O)([O-])OP(=O)([O-])OC[C@@H]1O[C@H](N2C=[N+](C)C3C(=O)NC(N)=NC32)C(O)[C@@H]1O. The molecule has 34 heavy (non-hydrogen) atoms. The first-order chi connectivity index (χ1) is 15.6. The third-order valence-electron chi connectivity index (χ3n) is 4.78. The number of nitrogens with two attached hydrogens (primary N) is 1. The predicted molar refractivity (Wildman–Crippen MR) is 100 cm³/mol. The molecule has 3 aliphatic rings. The van der Waals surface area contributed by atoms with Crippen molar-refractivity contribution in [1.82, 2.24) is 10.2 Å². The Bertz CT molecular complexity index is 1040. The zero-order chi connectivity index (χ0) is 25.6. The summed E-state index contributed by atoms with van der Waals surface area (Å²) in [6, 6.07) is -0.846. The second kappa shape index (κ2) is 9.63. The van der Waals surface area contributed by atoms with Crippen molar-refractivity contribution >= 4 is 41.7 Å². The van der Waals surface area contributed by atoms with Crippen LogP contribution in [0.4, 0.5) is 0 Å². The van der Waals surface area contributed by atoms with E-state index in [2.05, 4.69) is 28.0 Å². The molecule has 1 fully saturated rings. The van der Waals surface area contributed by atoms with Gasteiger partial charge in [-0.05, 0) is 0 Å². The zero-order valence-corrected chi connectivity index (χ0v) is 20.0. The molecular formula is C12H20N5O14P3-2. The molecule has 3 aliphatic heterocycles. The van der Waals surface area contributed by atoms with E-state index in [1.807, 2.05) is 0 Å². The number of carbonyl (C=O) groups is 1. The Kier molecular flexibility index (Phi) is 7.73. The van der Waals surface area contributed by atoms with Gasteiger partial charge in [0, 0.05) is 7.11 Å². The van der Waals surface area contributed by atoms with Crippen LogP contribution < -0.4 is 25.7 Å². The highest BCUT2D eigenvalue weighted by Crippen LogP contribution is 2.62. The molecule has 0 aromatic rings. The maximum Gasteiger partial charge on any atom is 0.280 e. The molecule has 3 heterocycles. The zero-order valence-electron chi connectivity index (χ0n) is 17.3. The number of aliphatic imine (C=N–C) groups is 1. The number of aliphatic hydroxyl groups excluding tert-OH is 2. The van der Waals surface area contributed by atoms with Crippen molar-refractivity contribution in [2.75, 3.05) is 20.8 Å². The molecule has 0 saturated carbocycles. The normalized spacial score (nSPS) is 36.6. The molecule has 1 amide bonds. The van der Waals surface area contributed by atoms with Crippen LogP contribution in [0, 0.1) is 0 Å². The minimum atomic E-state index is -5.99. The number of likely N-dealkylation sites (N-methyl/N-ethyl adjacent to an activating group) is 1. The van der Waals surface area contributed by atoms with Gasteiger partial charge in [-0.15, -0.1) is 0 Å². The van der Waals surface area contributed by atoms with Gasteiger partial charge in [-0.3, -0.25) is 28.4 Å². The highest BCUT2D eigenvalue weighted by Gasteiger charge is 2.57. The minimum absolute atomic E-state index is 0.197. The van der Waals surface area contributed by atoms with Gasteiger partial charge >= 0.3 is 0 Å². The number of aliphatic hydroxyl groups is 2. The second-order valence-corrected chi connectivity index (χ2v) is 11.7. The van der Waals surface area contributed by atoms with Crippen LogP contribution >= 0.6 is 23.5 Å². The van der Waals surface area contributed by atoms with E-state index in [9.17, 15) is 43.4 Å². The van der Waals surface area contributed by atoms with Gasteiger partial charge in [-0.2, -0.15) is 0 Å². The Morgan fingerprint density at radius 2 is 1.82 bits per heavy atom. The predicted octanol–water partition coefficient (Wildman–Crippen LogP) is -5.34. The summed E-state index contributed by atoms with van der Waals surface area (Å²) >= 11 is 0. The lowest BCUT2D eigenvalue weighted by molar-refractivity contribution is -0.513. The fourth-order valence-electron chi connectivity index (χ4n) is 3.37. The lowest BCUT2D eigenvalue weighted by Crippen LogP contribution is -2.58. The van der Waals surface area contributed by atoms with Gasteiger partial charge in [0.15, 0.2) is 5.96 Å². The third kappa shape index (κ3) is 5.91. The summed E-state index contributed by atoms with van der Waals surface area (Å²) in [6.45, 7) is -1.06. The van der Waals surface area contributed by atoms with E-state index >= 15 is 0 Å². The minimum Gasteiger partial charge on any atom is -0.756 e. The van der Waals surface area contributed by atoms with Crippen molar-refractivity contribution in [1.29, 1.82) is 0 Å². The number of rotatable bonds is 9. The Morgan fingerprint density at radius 1 is 1.21 bits per heavy atom. The van der Waals surface area contributed by atoms with Crippen LogP contribution in [0.25, 0.3) is 0 Å². The van der Waals surface area contributed by atoms with E-state index in [-0.39, 0.29) is 5.96 Å². The molecule has 0 aromatic carbocycles. The monoisotopic (exact) mass is 551 g/mol. The van der Waals surface area contributed by atoms with Crippen LogP contribution in [0.15, 0.2) is 4.99 Å². The van der Waals surface area contributed by atoms with Crippen LogP contribution in [-0.4, -0.2) is 95.4 Å². The van der Waals surface area contributed by atoms with E-state index in [0.29, 0.717) is 7.11 Å². The summed E-state index contributed by atoms with van der Waals surface area (Å²) in [6.07, 6.45) is -5.88. The number of hydrogen-bond acceptors (Lipinski definition) is 17. The summed E-state index contributed by atoms with van der Waals surface area (Å²) in [7, 11) is -15.1. The molecule has 9 atom stereocenters.